The number of aromatic nitrogens is 1. The quantitative estimate of drug-likeness (QED) is 0.0466. The summed E-state index contributed by atoms with van der Waals surface area (Å²) in [5.41, 5.74) is 0.510. The summed E-state index contributed by atoms with van der Waals surface area (Å²) in [6.45, 7) is 13.3. The molecule has 2 aliphatic rings. The lowest BCUT2D eigenvalue weighted by atomic mass is 9.91. The van der Waals surface area contributed by atoms with E-state index < -0.39 is 59.4 Å². The second-order valence-corrected chi connectivity index (χ2v) is 20.0. The first kappa shape index (κ1) is 56.6. The van der Waals surface area contributed by atoms with Crippen LogP contribution >= 0.6 is 11.3 Å². The Balaban J connectivity index is 1.37. The van der Waals surface area contributed by atoms with Crippen molar-refractivity contribution in [1.82, 2.24) is 35.6 Å². The second kappa shape index (κ2) is 26.3. The number of unbranched alkanes of at least 4 members (excludes halogenated alkanes) is 2. The van der Waals surface area contributed by atoms with Gasteiger partial charge in [0.25, 0.3) is 17.7 Å². The number of nitrogens with zero attached hydrogens (tertiary/aromatic N) is 4. The van der Waals surface area contributed by atoms with E-state index in [-0.39, 0.29) is 85.8 Å². The number of carbonyl (C=O) groups excluding carboxylic acids is 8. The first-order valence-corrected chi connectivity index (χ1v) is 25.1. The van der Waals surface area contributed by atoms with Gasteiger partial charge in [0.2, 0.25) is 23.6 Å². The van der Waals surface area contributed by atoms with E-state index in [2.05, 4.69) is 26.3 Å². The molecule has 0 saturated carbocycles. The number of thiazole rings is 1. The number of hydrogen-bond acceptors (Lipinski definition) is 13. The van der Waals surface area contributed by atoms with Crippen LogP contribution in [-0.4, -0.2) is 135 Å². The molecule has 1 aromatic heterocycles. The summed E-state index contributed by atoms with van der Waals surface area (Å²) >= 11 is 1.12. The summed E-state index contributed by atoms with van der Waals surface area (Å²) in [5.74, 6) is -5.17. The van der Waals surface area contributed by atoms with Gasteiger partial charge in [-0.15, -0.1) is 11.3 Å². The maximum atomic E-state index is 14.3. The average molecular weight is 993 g/mol. The van der Waals surface area contributed by atoms with E-state index in [9.17, 15) is 48.3 Å². The van der Waals surface area contributed by atoms with Gasteiger partial charge in [0, 0.05) is 68.7 Å². The lowest BCUT2D eigenvalue weighted by Gasteiger charge is -2.38. The van der Waals surface area contributed by atoms with Crippen LogP contribution in [0.2, 0.25) is 0 Å². The molecule has 6 unspecified atom stereocenters. The van der Waals surface area contributed by atoms with Crippen molar-refractivity contribution < 1.29 is 53.0 Å². The van der Waals surface area contributed by atoms with E-state index in [1.54, 1.807) is 43.1 Å². The Labute approximate surface area is 414 Å². The number of amides is 7. The number of carbonyl (C=O) groups is 9. The van der Waals surface area contributed by atoms with Crippen LogP contribution in [-0.2, 0) is 49.5 Å². The van der Waals surface area contributed by atoms with Gasteiger partial charge in [-0.25, -0.2) is 4.98 Å². The molecular formula is C50H72N8O11S. The van der Waals surface area contributed by atoms with E-state index in [1.165, 1.54) is 24.5 Å². The number of carboxylic acids is 1. The third-order valence-corrected chi connectivity index (χ3v) is 14.3. The third kappa shape index (κ3) is 16.0. The number of benzene rings is 1. The van der Waals surface area contributed by atoms with Gasteiger partial charge < -0.3 is 36.0 Å². The summed E-state index contributed by atoms with van der Waals surface area (Å²) in [6, 6.07) is 4.90. The number of nitrogens with one attached hydrogen (secondary N) is 4. The topological polar surface area (TPSA) is 254 Å². The molecule has 0 radical (unpaired) electrons. The van der Waals surface area contributed by atoms with Crippen LogP contribution < -0.4 is 21.3 Å². The van der Waals surface area contributed by atoms with Crippen LogP contribution in [0.15, 0.2) is 41.8 Å². The number of carboxylic acid groups (broad SMARTS) is 1. The highest BCUT2D eigenvalue weighted by Crippen LogP contribution is 2.32. The molecule has 70 heavy (non-hydrogen) atoms. The molecule has 4 rings (SSSR count). The molecule has 0 spiro atoms. The van der Waals surface area contributed by atoms with E-state index in [1.807, 2.05) is 46.6 Å². The molecule has 384 valence electrons. The first-order valence-electron chi connectivity index (χ1n) is 24.2. The van der Waals surface area contributed by atoms with Crippen LogP contribution in [0.5, 0.6) is 0 Å². The minimum atomic E-state index is -1.04. The molecule has 1 aromatic carbocycles. The second-order valence-electron chi connectivity index (χ2n) is 19.1. The number of likely N-dealkylation sites (tertiary alicyclic amines) is 1. The molecule has 7 atom stereocenters. The van der Waals surface area contributed by atoms with Gasteiger partial charge in [0.05, 0.1) is 18.0 Å². The molecule has 1 saturated heterocycles. The van der Waals surface area contributed by atoms with Gasteiger partial charge in [-0.05, 0) is 88.6 Å². The highest BCUT2D eigenvalue weighted by Gasteiger charge is 2.44. The Bertz CT molecular complexity index is 2210. The molecule has 20 heteroatoms. The molecule has 3 heterocycles. The minimum absolute atomic E-state index is 0.0383. The number of ether oxygens (including phenoxy) is 1. The number of aliphatic carboxylic acids is 1. The average Bonchev–Trinajstić information content (AvgIpc) is 4.03. The van der Waals surface area contributed by atoms with Gasteiger partial charge in [-0.3, -0.25) is 53.0 Å². The third-order valence-electron chi connectivity index (χ3n) is 13.4. The van der Waals surface area contributed by atoms with Crippen molar-refractivity contribution in [3.63, 3.8) is 0 Å². The Kier molecular flexibility index (Phi) is 21.2. The van der Waals surface area contributed by atoms with Crippen molar-refractivity contribution in [3.8, 4) is 0 Å². The molecule has 2 aromatic rings. The highest BCUT2D eigenvalue weighted by molar-refractivity contribution is 7.09. The van der Waals surface area contributed by atoms with Gasteiger partial charge in [0.1, 0.15) is 16.7 Å². The van der Waals surface area contributed by atoms with Gasteiger partial charge in [-0.2, -0.15) is 0 Å². The number of imide groups is 1. The molecule has 7 amide bonds. The summed E-state index contributed by atoms with van der Waals surface area (Å²) in [6.07, 6.45) is 6.13. The first-order chi connectivity index (χ1) is 33.0. The number of esters is 1. The predicted molar refractivity (Wildman–Crippen MR) is 263 cm³/mol. The van der Waals surface area contributed by atoms with Crippen molar-refractivity contribution in [2.45, 2.75) is 142 Å². The SMILES string of the molecule is CCC(C)C(NC(=O)[C@@]1(C)CCCN1C)C(=O)N(C)C(CC(OC(C)=O)c1nc(C(=O)NC(Cc2ccc(NC(=O)CNC(=O)CCCCCN3C(=O)C=CC3=O)cc2)CC(C)C(=O)O)cs1)C(C)C. The molecule has 0 aliphatic carbocycles. The maximum Gasteiger partial charge on any atom is 0.306 e. The van der Waals surface area contributed by atoms with Crippen LogP contribution in [0, 0.1) is 17.8 Å². The fourth-order valence-electron chi connectivity index (χ4n) is 8.63. The van der Waals surface area contributed by atoms with Gasteiger partial charge in [-0.1, -0.05) is 59.6 Å². The van der Waals surface area contributed by atoms with Crippen molar-refractivity contribution in [3.05, 3.63) is 58.1 Å². The lowest BCUT2D eigenvalue weighted by Crippen LogP contribution is -2.60. The predicted octanol–water partition coefficient (Wildman–Crippen LogP) is 4.63. The Morgan fingerprint density at radius 3 is 2.20 bits per heavy atom. The zero-order valence-electron chi connectivity index (χ0n) is 42.0. The van der Waals surface area contributed by atoms with Crippen LogP contribution in [0.1, 0.15) is 133 Å². The van der Waals surface area contributed by atoms with Crippen LogP contribution in [0.4, 0.5) is 5.69 Å². The maximum absolute atomic E-state index is 14.3. The van der Waals surface area contributed by atoms with Crippen molar-refractivity contribution >= 4 is 70.3 Å². The number of hydrogen-bond donors (Lipinski definition) is 5. The van der Waals surface area contributed by atoms with Gasteiger partial charge in [0.15, 0.2) is 6.10 Å². The summed E-state index contributed by atoms with van der Waals surface area (Å²) in [7, 11) is 3.60. The van der Waals surface area contributed by atoms with Crippen molar-refractivity contribution in [2.24, 2.45) is 17.8 Å². The van der Waals surface area contributed by atoms with Gasteiger partial charge >= 0.3 is 11.9 Å². The number of rotatable bonds is 27. The Morgan fingerprint density at radius 1 is 0.943 bits per heavy atom. The molecule has 1 fully saturated rings. The summed E-state index contributed by atoms with van der Waals surface area (Å²) in [5, 5.41) is 23.0. The fraction of sp³-hybridized carbons (Fsp3) is 0.600. The Hall–Kier alpha value is -6.02. The largest absolute Gasteiger partial charge is 0.481 e. The van der Waals surface area contributed by atoms with E-state index in [0.29, 0.717) is 42.8 Å². The highest BCUT2D eigenvalue weighted by atomic mass is 32.1. The van der Waals surface area contributed by atoms with Crippen LogP contribution in [0.3, 0.4) is 0 Å². The minimum Gasteiger partial charge on any atom is -0.481 e. The molecule has 0 bridgehead atoms. The molecule has 5 N–H and O–H groups in total. The van der Waals surface area contributed by atoms with Crippen LogP contribution in [0.25, 0.3) is 0 Å². The Morgan fingerprint density at radius 2 is 1.61 bits per heavy atom. The zero-order chi connectivity index (χ0) is 51.9. The summed E-state index contributed by atoms with van der Waals surface area (Å²) in [4.78, 5) is 124. The summed E-state index contributed by atoms with van der Waals surface area (Å²) < 4.78 is 5.80. The standard InChI is InChI=1S/C50H72N8O11S/c1-10-31(4)44(55-49(68)50(7)22-14-23-56(50)8)47(65)57(9)38(30(2)3)27-39(69-33(6)59)46-54-37(29-70-46)45(64)53-36(25-32(5)48(66)67)26-34-16-18-35(19-17-34)52-41(61)28-51-40(60)15-12-11-13-24-58-42(62)20-21-43(58)63/h16-21,29-32,36,38-39,44H,10-15,22-28H2,1-9H3,(H,51,60)(H,52,61)(H,53,64)(H,55,68)(H,66,67)/t31?,32?,36?,38?,39?,44?,50-/m1/s1. The number of anilines is 1. The normalized spacial score (nSPS) is 18.4. The lowest BCUT2D eigenvalue weighted by molar-refractivity contribution is -0.149. The fourth-order valence-corrected chi connectivity index (χ4v) is 9.47. The molecule has 2 aliphatic heterocycles. The molecular weight excluding hydrogens is 921 g/mol. The monoisotopic (exact) mass is 993 g/mol. The van der Waals surface area contributed by atoms with E-state index in [4.69, 9.17) is 4.74 Å². The van der Waals surface area contributed by atoms with E-state index >= 15 is 0 Å². The van der Waals surface area contributed by atoms with Crippen molar-refractivity contribution in [1.29, 1.82) is 0 Å². The number of likely N-dealkylation sites (N-methyl/N-ethyl adjacent to an activating group) is 2. The van der Waals surface area contributed by atoms with Crippen molar-refractivity contribution in [2.75, 3.05) is 39.0 Å². The smallest absolute Gasteiger partial charge is 0.306 e. The van der Waals surface area contributed by atoms with E-state index in [0.717, 1.165) is 34.8 Å². The zero-order valence-corrected chi connectivity index (χ0v) is 42.8. The molecule has 19 nitrogen and oxygen atoms in total.